The number of carbonyl (C=O) groups is 1. The van der Waals surface area contributed by atoms with Crippen LogP contribution in [0.1, 0.15) is 127 Å². The van der Waals surface area contributed by atoms with Gasteiger partial charge in [0.25, 0.3) is 0 Å². The van der Waals surface area contributed by atoms with Crippen LogP contribution in [-0.2, 0) is 14.3 Å². The Kier molecular flexibility index (Phi) is 14.2. The Balaban J connectivity index is 5.58. The van der Waals surface area contributed by atoms with E-state index < -0.39 is 11.6 Å². The molecule has 0 saturated heterocycles. The Morgan fingerprint density at radius 3 is 1.68 bits per heavy atom. The maximum atomic E-state index is 11.4. The van der Waals surface area contributed by atoms with Gasteiger partial charge in [-0.15, -0.1) is 0 Å². The summed E-state index contributed by atoms with van der Waals surface area (Å²) in [5.74, 6) is 0.479. The second kappa shape index (κ2) is 14.5. The molecular weight excluding hydrogens is 388 g/mol. The minimum absolute atomic E-state index is 0.0284. The molecule has 0 heterocycles. The van der Waals surface area contributed by atoms with Gasteiger partial charge in [0.15, 0.2) is 0 Å². The maximum absolute atomic E-state index is 11.4. The molecule has 4 heteroatoms. The number of carboxylic acid groups (broad SMARTS) is 1. The minimum atomic E-state index is -0.781. The van der Waals surface area contributed by atoms with Gasteiger partial charge < -0.3 is 14.6 Å². The molecule has 0 aromatic heterocycles. The smallest absolute Gasteiger partial charge is 0.306 e. The second-order valence-electron chi connectivity index (χ2n) is 9.61. The topological polar surface area (TPSA) is 55.8 Å². The van der Waals surface area contributed by atoms with Crippen LogP contribution in [0.2, 0.25) is 0 Å². The monoisotopic (exact) mass is 442 g/mol. The summed E-state index contributed by atoms with van der Waals surface area (Å²) in [6.07, 6.45) is 8.87. The molecule has 4 nitrogen and oxygen atoms in total. The fourth-order valence-corrected chi connectivity index (χ4v) is 5.85. The van der Waals surface area contributed by atoms with Gasteiger partial charge in [0.1, 0.15) is 0 Å². The molecule has 0 aliphatic rings. The van der Waals surface area contributed by atoms with E-state index in [0.717, 1.165) is 51.6 Å². The molecule has 0 amide bonds. The summed E-state index contributed by atoms with van der Waals surface area (Å²) in [7, 11) is 0. The predicted molar refractivity (Wildman–Crippen MR) is 132 cm³/mol. The van der Waals surface area contributed by atoms with Crippen molar-refractivity contribution < 1.29 is 19.4 Å². The lowest BCUT2D eigenvalue weighted by molar-refractivity contribution is -0.173. The van der Waals surface area contributed by atoms with Gasteiger partial charge in [-0.1, -0.05) is 75.2 Å². The van der Waals surface area contributed by atoms with E-state index in [9.17, 15) is 9.90 Å². The highest BCUT2D eigenvalue weighted by Crippen LogP contribution is 2.49. The summed E-state index contributed by atoms with van der Waals surface area (Å²) in [5, 5.41) is 9.38. The average Bonchev–Trinajstić information content (AvgIpc) is 2.78. The highest BCUT2D eigenvalue weighted by atomic mass is 16.5. The lowest BCUT2D eigenvalue weighted by Crippen LogP contribution is -2.51. The molecule has 0 bridgehead atoms. The molecule has 0 aromatic rings. The molecular formula is C27H54O4. The van der Waals surface area contributed by atoms with E-state index in [1.165, 1.54) is 12.8 Å². The summed E-state index contributed by atoms with van der Waals surface area (Å²) >= 11 is 0. The standard InChI is InChI=1S/C27H54O4/c1-10-23(11-2)22(9)21-31-27(16-7,17-8)25(12-3,13-4)18-19-30-26(14-5,15-6)20-24(28)29/h22-23H,10-21H2,1-9H3,(H,28,29). The van der Waals surface area contributed by atoms with E-state index in [4.69, 9.17) is 9.47 Å². The highest BCUT2D eigenvalue weighted by Gasteiger charge is 2.48. The normalized spacial score (nSPS) is 14.3. The van der Waals surface area contributed by atoms with Crippen LogP contribution in [0.4, 0.5) is 0 Å². The number of hydrogen-bond acceptors (Lipinski definition) is 3. The third-order valence-electron chi connectivity index (χ3n) is 8.69. The first kappa shape index (κ1) is 30.4. The summed E-state index contributed by atoms with van der Waals surface area (Å²) < 4.78 is 13.2. The molecule has 0 aliphatic heterocycles. The predicted octanol–water partition coefficient (Wildman–Crippen LogP) is 7.88. The van der Waals surface area contributed by atoms with Gasteiger partial charge in [0.2, 0.25) is 0 Å². The maximum Gasteiger partial charge on any atom is 0.306 e. The highest BCUT2D eigenvalue weighted by molar-refractivity contribution is 5.68. The van der Waals surface area contributed by atoms with E-state index in [-0.39, 0.29) is 17.4 Å². The van der Waals surface area contributed by atoms with Crippen LogP contribution in [0.25, 0.3) is 0 Å². The SMILES string of the molecule is CCC(CC)C(C)COC(CC)(CC)C(CC)(CC)CCOC(CC)(CC)CC(=O)O. The molecule has 1 unspecified atom stereocenters. The zero-order valence-electron chi connectivity index (χ0n) is 22.3. The van der Waals surface area contributed by atoms with E-state index >= 15 is 0 Å². The van der Waals surface area contributed by atoms with E-state index in [2.05, 4.69) is 48.5 Å². The molecule has 0 saturated carbocycles. The van der Waals surface area contributed by atoms with Gasteiger partial charge in [-0.05, 0) is 56.8 Å². The lowest BCUT2D eigenvalue weighted by Gasteiger charge is -2.51. The van der Waals surface area contributed by atoms with Crippen LogP contribution >= 0.6 is 0 Å². The summed E-state index contributed by atoms with van der Waals surface area (Å²) in [6, 6.07) is 0. The van der Waals surface area contributed by atoms with Gasteiger partial charge >= 0.3 is 5.97 Å². The van der Waals surface area contributed by atoms with Gasteiger partial charge in [-0.25, -0.2) is 0 Å². The number of aliphatic carboxylic acids is 1. The second-order valence-corrected chi connectivity index (χ2v) is 9.61. The summed E-state index contributed by atoms with van der Waals surface area (Å²) in [5.41, 5.74) is -0.709. The van der Waals surface area contributed by atoms with Crippen LogP contribution in [0.15, 0.2) is 0 Å². The van der Waals surface area contributed by atoms with E-state index in [0.29, 0.717) is 18.4 Å². The van der Waals surface area contributed by atoms with Crippen LogP contribution in [-0.4, -0.2) is 35.5 Å². The molecule has 0 aliphatic carbocycles. The van der Waals surface area contributed by atoms with Crippen molar-refractivity contribution in [3.8, 4) is 0 Å². The summed E-state index contributed by atoms with van der Waals surface area (Å²) in [4.78, 5) is 11.4. The molecule has 0 aromatic carbocycles. The zero-order chi connectivity index (χ0) is 24.1. The van der Waals surface area contributed by atoms with Crippen LogP contribution in [0, 0.1) is 17.3 Å². The molecule has 1 atom stereocenters. The van der Waals surface area contributed by atoms with Crippen molar-refractivity contribution in [2.75, 3.05) is 13.2 Å². The van der Waals surface area contributed by atoms with Crippen molar-refractivity contribution in [2.24, 2.45) is 17.3 Å². The van der Waals surface area contributed by atoms with Gasteiger partial charge in [0, 0.05) is 12.0 Å². The number of hydrogen-bond donors (Lipinski definition) is 1. The van der Waals surface area contributed by atoms with Crippen LogP contribution < -0.4 is 0 Å². The van der Waals surface area contributed by atoms with Gasteiger partial charge in [-0.2, -0.15) is 0 Å². The van der Waals surface area contributed by atoms with E-state index in [1.807, 2.05) is 13.8 Å². The Morgan fingerprint density at radius 2 is 1.32 bits per heavy atom. The third-order valence-corrected chi connectivity index (χ3v) is 8.69. The quantitative estimate of drug-likeness (QED) is 0.221. The molecule has 0 rings (SSSR count). The molecule has 1 N–H and O–H groups in total. The molecule has 31 heavy (non-hydrogen) atoms. The largest absolute Gasteiger partial charge is 0.481 e. The average molecular weight is 443 g/mol. The third kappa shape index (κ3) is 7.74. The Hall–Kier alpha value is -0.610. The van der Waals surface area contributed by atoms with Crippen molar-refractivity contribution in [1.29, 1.82) is 0 Å². The lowest BCUT2D eigenvalue weighted by atomic mass is 9.63. The Labute approximate surface area is 193 Å². The fraction of sp³-hybridized carbons (Fsp3) is 0.963. The fourth-order valence-electron chi connectivity index (χ4n) is 5.85. The number of rotatable bonds is 19. The van der Waals surface area contributed by atoms with Gasteiger partial charge in [-0.3, -0.25) is 4.79 Å². The van der Waals surface area contributed by atoms with Crippen molar-refractivity contribution in [1.82, 2.24) is 0 Å². The summed E-state index contributed by atoms with van der Waals surface area (Å²) in [6.45, 7) is 21.4. The molecule has 0 fully saturated rings. The molecule has 186 valence electrons. The van der Waals surface area contributed by atoms with Crippen molar-refractivity contribution in [2.45, 2.75) is 138 Å². The van der Waals surface area contributed by atoms with Crippen molar-refractivity contribution in [3.05, 3.63) is 0 Å². The Morgan fingerprint density at radius 1 is 0.806 bits per heavy atom. The van der Waals surface area contributed by atoms with Crippen molar-refractivity contribution in [3.63, 3.8) is 0 Å². The molecule has 0 spiro atoms. The van der Waals surface area contributed by atoms with Crippen molar-refractivity contribution >= 4 is 5.97 Å². The number of carboxylic acids is 1. The first-order valence-electron chi connectivity index (χ1n) is 13.1. The Bertz CT molecular complexity index is 472. The molecule has 0 radical (unpaired) electrons. The zero-order valence-corrected chi connectivity index (χ0v) is 22.3. The minimum Gasteiger partial charge on any atom is -0.481 e. The number of ether oxygens (including phenoxy) is 2. The first-order valence-corrected chi connectivity index (χ1v) is 13.1. The van der Waals surface area contributed by atoms with Crippen LogP contribution in [0.5, 0.6) is 0 Å². The van der Waals surface area contributed by atoms with E-state index in [1.54, 1.807) is 0 Å². The van der Waals surface area contributed by atoms with Gasteiger partial charge in [0.05, 0.1) is 24.2 Å². The first-order chi connectivity index (χ1) is 14.6. The van der Waals surface area contributed by atoms with Crippen LogP contribution in [0.3, 0.4) is 0 Å².